The number of rotatable bonds is 6. The van der Waals surface area contributed by atoms with Crippen molar-refractivity contribution in [3.8, 4) is 6.07 Å². The fraction of sp³-hybridized carbons (Fsp3) is 0.333. The van der Waals surface area contributed by atoms with Gasteiger partial charge in [-0.25, -0.2) is 0 Å². The second-order valence-electron chi connectivity index (χ2n) is 9.11. The Balaban J connectivity index is 1.70. The second-order valence-corrected chi connectivity index (χ2v) is 9.96. The van der Waals surface area contributed by atoms with E-state index in [4.69, 9.17) is 11.5 Å². The van der Waals surface area contributed by atoms with E-state index in [1.807, 2.05) is 43.3 Å². The second kappa shape index (κ2) is 9.94. The molecule has 1 aliphatic heterocycles. The number of hydrogen-bond donors (Lipinski definition) is 4. The Bertz CT molecular complexity index is 1220. The number of allylic oxidation sites excluding steroid dienone is 4. The molecule has 0 saturated heterocycles. The molecule has 34 heavy (non-hydrogen) atoms. The average molecular weight is 520 g/mol. The molecule has 2 aliphatic rings. The maximum Gasteiger partial charge on any atom is 0.161 e. The molecule has 1 aliphatic carbocycles. The molecule has 0 amide bonds. The van der Waals surface area contributed by atoms with Crippen molar-refractivity contribution in [2.75, 3.05) is 16.8 Å². The van der Waals surface area contributed by atoms with Crippen LogP contribution in [-0.2, 0) is 11.3 Å². The van der Waals surface area contributed by atoms with Crippen LogP contribution in [0.1, 0.15) is 56.6 Å². The van der Waals surface area contributed by atoms with Crippen LogP contribution in [0.4, 0.5) is 17.1 Å². The topological polar surface area (TPSA) is 117 Å². The van der Waals surface area contributed by atoms with Crippen LogP contribution in [0.3, 0.4) is 0 Å². The number of para-hydroxylation sites is 1. The highest BCUT2D eigenvalue weighted by atomic mass is 79.9. The van der Waals surface area contributed by atoms with Crippen molar-refractivity contribution in [2.24, 2.45) is 5.92 Å². The van der Waals surface area contributed by atoms with Crippen LogP contribution < -0.4 is 22.1 Å². The van der Waals surface area contributed by atoms with Crippen molar-refractivity contribution in [3.05, 3.63) is 74.5 Å². The predicted molar refractivity (Wildman–Crippen MR) is 141 cm³/mol. The number of benzene rings is 2. The van der Waals surface area contributed by atoms with Crippen molar-refractivity contribution < 1.29 is 4.79 Å². The Morgan fingerprint density at radius 1 is 1.21 bits per heavy atom. The molecule has 2 aromatic carbocycles. The Morgan fingerprint density at radius 2 is 1.97 bits per heavy atom. The summed E-state index contributed by atoms with van der Waals surface area (Å²) in [6.45, 7) is 4.57. The SMILES string of the molecule is CCCC1CC(=O)C2=C(C1)NC(C)=C(C#N)C2c1cc(N)c(NCc2ccccc2N)c(Br)c1. The Morgan fingerprint density at radius 3 is 2.65 bits per heavy atom. The van der Waals surface area contributed by atoms with E-state index < -0.39 is 5.92 Å². The van der Waals surface area contributed by atoms with Gasteiger partial charge in [-0.05, 0) is 70.9 Å². The van der Waals surface area contributed by atoms with Gasteiger partial charge in [0.1, 0.15) is 0 Å². The third-order valence-electron chi connectivity index (χ3n) is 6.72. The van der Waals surface area contributed by atoms with Gasteiger partial charge in [-0.1, -0.05) is 31.5 Å². The third-order valence-corrected chi connectivity index (χ3v) is 7.34. The molecule has 2 atom stereocenters. The van der Waals surface area contributed by atoms with E-state index in [1.54, 1.807) is 0 Å². The van der Waals surface area contributed by atoms with Gasteiger partial charge in [0.25, 0.3) is 0 Å². The summed E-state index contributed by atoms with van der Waals surface area (Å²) in [5.41, 5.74) is 19.4. The maximum atomic E-state index is 13.3. The number of nitrogen functional groups attached to an aromatic ring is 2. The van der Waals surface area contributed by atoms with Gasteiger partial charge in [-0.2, -0.15) is 5.26 Å². The van der Waals surface area contributed by atoms with E-state index >= 15 is 0 Å². The summed E-state index contributed by atoms with van der Waals surface area (Å²) < 4.78 is 0.778. The molecule has 7 heteroatoms. The monoisotopic (exact) mass is 519 g/mol. The van der Waals surface area contributed by atoms with Crippen molar-refractivity contribution >= 4 is 38.8 Å². The number of carbonyl (C=O) groups excluding carboxylic acids is 1. The summed E-state index contributed by atoms with van der Waals surface area (Å²) in [4.78, 5) is 13.3. The number of nitriles is 1. The summed E-state index contributed by atoms with van der Waals surface area (Å²) in [5, 5.41) is 16.7. The number of dihydropyridines is 1. The van der Waals surface area contributed by atoms with E-state index in [-0.39, 0.29) is 5.78 Å². The molecule has 1 heterocycles. The van der Waals surface area contributed by atoms with Crippen LogP contribution in [-0.4, -0.2) is 5.78 Å². The molecule has 0 spiro atoms. The lowest BCUT2D eigenvalue weighted by molar-refractivity contribution is -0.117. The summed E-state index contributed by atoms with van der Waals surface area (Å²) in [7, 11) is 0. The number of ketones is 1. The summed E-state index contributed by atoms with van der Waals surface area (Å²) >= 11 is 3.66. The quantitative estimate of drug-likeness (QED) is 0.361. The zero-order chi connectivity index (χ0) is 24.4. The minimum atomic E-state index is -0.422. The first kappa shape index (κ1) is 23.9. The molecule has 0 aromatic heterocycles. The Hall–Kier alpha value is -3.24. The van der Waals surface area contributed by atoms with E-state index in [0.717, 1.165) is 51.9 Å². The number of Topliss-reactive ketones (excluding diaryl/α,β-unsaturated/α-hetero) is 1. The van der Waals surface area contributed by atoms with Crippen LogP contribution in [0.2, 0.25) is 0 Å². The van der Waals surface area contributed by atoms with Crippen molar-refractivity contribution in [1.29, 1.82) is 5.26 Å². The van der Waals surface area contributed by atoms with E-state index in [1.165, 1.54) is 0 Å². The summed E-state index contributed by atoms with van der Waals surface area (Å²) in [6, 6.07) is 13.9. The summed E-state index contributed by atoms with van der Waals surface area (Å²) in [6.07, 6.45) is 3.43. The number of carbonyl (C=O) groups is 1. The molecule has 0 radical (unpaired) electrons. The molecule has 2 aromatic rings. The van der Waals surface area contributed by atoms with Crippen molar-refractivity contribution in [1.82, 2.24) is 5.32 Å². The fourth-order valence-corrected chi connectivity index (χ4v) is 5.73. The fourth-order valence-electron chi connectivity index (χ4n) is 5.10. The third kappa shape index (κ3) is 4.55. The van der Waals surface area contributed by atoms with Crippen molar-refractivity contribution in [2.45, 2.75) is 52.0 Å². The first-order valence-electron chi connectivity index (χ1n) is 11.6. The predicted octanol–water partition coefficient (Wildman–Crippen LogP) is 5.74. The van der Waals surface area contributed by atoms with E-state index in [9.17, 15) is 10.1 Å². The zero-order valence-electron chi connectivity index (χ0n) is 19.5. The largest absolute Gasteiger partial charge is 0.398 e. The lowest BCUT2D eigenvalue weighted by Crippen LogP contribution is -2.34. The summed E-state index contributed by atoms with van der Waals surface area (Å²) in [5.74, 6) is 0.0392. The van der Waals surface area contributed by atoms with Gasteiger partial charge in [0.2, 0.25) is 0 Å². The van der Waals surface area contributed by atoms with E-state index in [0.29, 0.717) is 41.4 Å². The average Bonchev–Trinajstić information content (AvgIpc) is 2.78. The first-order valence-corrected chi connectivity index (χ1v) is 12.4. The van der Waals surface area contributed by atoms with Gasteiger partial charge in [-0.3, -0.25) is 4.79 Å². The lowest BCUT2D eigenvalue weighted by Gasteiger charge is -2.35. The number of halogens is 1. The molecule has 2 unspecified atom stereocenters. The zero-order valence-corrected chi connectivity index (χ0v) is 21.1. The van der Waals surface area contributed by atoms with Crippen LogP contribution >= 0.6 is 15.9 Å². The lowest BCUT2D eigenvalue weighted by atomic mass is 9.72. The van der Waals surface area contributed by atoms with Crippen molar-refractivity contribution in [3.63, 3.8) is 0 Å². The Labute approximate surface area is 209 Å². The number of anilines is 3. The highest BCUT2D eigenvalue weighted by molar-refractivity contribution is 9.10. The molecular formula is C27H30BrN5O. The van der Waals surface area contributed by atoms with Crippen LogP contribution in [0.25, 0.3) is 0 Å². The number of nitrogens with two attached hydrogens (primary N) is 2. The highest BCUT2D eigenvalue weighted by Crippen LogP contribution is 2.45. The van der Waals surface area contributed by atoms with Gasteiger partial charge in [0, 0.05) is 40.1 Å². The number of hydrogen-bond acceptors (Lipinski definition) is 6. The Kier molecular flexibility index (Phi) is 6.99. The smallest absolute Gasteiger partial charge is 0.161 e. The van der Waals surface area contributed by atoms with Crippen LogP contribution in [0, 0.1) is 17.2 Å². The van der Waals surface area contributed by atoms with Gasteiger partial charge in [0.15, 0.2) is 5.78 Å². The standard InChI is InChI=1S/C27H30BrN5O/c1-3-6-16-9-23-26(24(34)10-16)25(19(13-29)15(2)33-23)18-11-20(28)27(22(31)12-18)32-14-17-7-4-5-8-21(17)30/h4-5,7-8,11-12,16,25,32-33H,3,6,9-10,14,30-31H2,1-2H3. The number of nitrogens with one attached hydrogen (secondary N) is 2. The van der Waals surface area contributed by atoms with Crippen LogP contribution in [0.5, 0.6) is 0 Å². The minimum absolute atomic E-state index is 0.119. The molecular weight excluding hydrogens is 490 g/mol. The van der Waals surface area contributed by atoms with E-state index in [2.05, 4.69) is 39.6 Å². The molecule has 0 saturated carbocycles. The molecule has 6 N–H and O–H groups in total. The van der Waals surface area contributed by atoms with Gasteiger partial charge in [0.05, 0.1) is 28.9 Å². The van der Waals surface area contributed by atoms with Gasteiger partial charge < -0.3 is 22.1 Å². The van der Waals surface area contributed by atoms with Gasteiger partial charge >= 0.3 is 0 Å². The maximum absolute atomic E-state index is 13.3. The normalized spacial score (nSPS) is 20.0. The molecule has 176 valence electrons. The van der Waals surface area contributed by atoms with Gasteiger partial charge in [-0.15, -0.1) is 0 Å². The molecule has 0 bridgehead atoms. The first-order chi connectivity index (χ1) is 16.3. The minimum Gasteiger partial charge on any atom is -0.398 e. The molecule has 6 nitrogen and oxygen atoms in total. The molecule has 4 rings (SSSR count). The van der Waals surface area contributed by atoms with Crippen LogP contribution in [0.15, 0.2) is 63.4 Å². The number of nitrogens with zero attached hydrogens (tertiary/aromatic N) is 1. The molecule has 0 fully saturated rings. The highest BCUT2D eigenvalue weighted by Gasteiger charge is 2.38.